The number of aromatic nitrogens is 5. The molecule has 0 atom stereocenters. The van der Waals surface area contributed by atoms with Crippen molar-refractivity contribution in [3.63, 3.8) is 0 Å². The second-order valence-electron chi connectivity index (χ2n) is 5.56. The Morgan fingerprint density at radius 3 is 2.83 bits per heavy atom. The summed E-state index contributed by atoms with van der Waals surface area (Å²) in [4.78, 5) is 18.3. The van der Waals surface area contributed by atoms with E-state index in [-0.39, 0.29) is 12.5 Å². The lowest BCUT2D eigenvalue weighted by Crippen LogP contribution is -2.25. The summed E-state index contributed by atoms with van der Waals surface area (Å²) in [6.45, 7) is 2.26. The second-order valence-corrected chi connectivity index (χ2v) is 5.56. The molecule has 0 bridgehead atoms. The molecular formula is C16H19N7O. The topological polar surface area (TPSA) is 88.3 Å². The maximum absolute atomic E-state index is 12.3. The van der Waals surface area contributed by atoms with Crippen molar-refractivity contribution in [2.24, 2.45) is 0 Å². The van der Waals surface area contributed by atoms with Crippen LogP contribution in [0.15, 0.2) is 30.5 Å². The van der Waals surface area contributed by atoms with E-state index in [9.17, 15) is 4.79 Å². The highest BCUT2D eigenvalue weighted by Gasteiger charge is 2.12. The average Bonchev–Trinajstić information content (AvgIpc) is 3.01. The highest BCUT2D eigenvalue weighted by Crippen LogP contribution is 2.09. The Balaban J connectivity index is 1.77. The van der Waals surface area contributed by atoms with Gasteiger partial charge < -0.3 is 10.2 Å². The van der Waals surface area contributed by atoms with Gasteiger partial charge in [-0.2, -0.15) is 4.52 Å². The number of hydrogen-bond acceptors (Lipinski definition) is 6. The third-order valence-corrected chi connectivity index (χ3v) is 3.64. The summed E-state index contributed by atoms with van der Waals surface area (Å²) in [5, 5.41) is 15.4. The quantitative estimate of drug-likeness (QED) is 0.755. The summed E-state index contributed by atoms with van der Waals surface area (Å²) in [7, 11) is 3.82. The molecule has 8 heteroatoms. The minimum Gasteiger partial charge on any atom is -0.361 e. The van der Waals surface area contributed by atoms with Gasteiger partial charge in [-0.05, 0) is 36.2 Å². The predicted octanol–water partition coefficient (Wildman–Crippen LogP) is 1.08. The van der Waals surface area contributed by atoms with E-state index in [1.165, 1.54) is 0 Å². The Kier molecular flexibility index (Phi) is 4.37. The Labute approximate surface area is 139 Å². The van der Waals surface area contributed by atoms with Crippen molar-refractivity contribution in [2.45, 2.75) is 19.9 Å². The summed E-state index contributed by atoms with van der Waals surface area (Å²) < 4.78 is 1.63. The van der Waals surface area contributed by atoms with Crippen LogP contribution in [0.1, 0.15) is 28.8 Å². The van der Waals surface area contributed by atoms with Crippen LogP contribution < -0.4 is 10.2 Å². The third kappa shape index (κ3) is 3.17. The Bertz CT molecular complexity index is 872. The van der Waals surface area contributed by atoms with Gasteiger partial charge >= 0.3 is 0 Å². The molecule has 0 saturated heterocycles. The van der Waals surface area contributed by atoms with Gasteiger partial charge in [0.25, 0.3) is 5.91 Å². The van der Waals surface area contributed by atoms with Gasteiger partial charge in [0.05, 0.1) is 6.54 Å². The Hall–Kier alpha value is -3.03. The molecular weight excluding hydrogens is 306 g/mol. The zero-order chi connectivity index (χ0) is 17.1. The highest BCUT2D eigenvalue weighted by atomic mass is 16.1. The molecule has 8 nitrogen and oxygen atoms in total. The number of nitrogens with zero attached hydrogens (tertiary/aromatic N) is 6. The van der Waals surface area contributed by atoms with Crippen molar-refractivity contribution >= 4 is 17.4 Å². The number of hydrogen-bond donors (Lipinski definition) is 1. The monoisotopic (exact) mass is 325 g/mol. The van der Waals surface area contributed by atoms with Crippen LogP contribution in [0.2, 0.25) is 0 Å². The molecule has 24 heavy (non-hydrogen) atoms. The van der Waals surface area contributed by atoms with E-state index in [0.717, 1.165) is 17.8 Å². The number of carbonyl (C=O) groups excluding carboxylic acids is 1. The number of amides is 1. The van der Waals surface area contributed by atoms with Crippen molar-refractivity contribution < 1.29 is 4.79 Å². The van der Waals surface area contributed by atoms with E-state index in [1.807, 2.05) is 44.1 Å². The Morgan fingerprint density at radius 2 is 2.08 bits per heavy atom. The standard InChI is InChI=1S/C16H19N7O/c1-4-11-7-8-17-12(9-11)16(24)18-10-15-20-19-13-5-6-14(22(2)3)21-23(13)15/h5-9H,4,10H2,1-3H3,(H,18,24). The highest BCUT2D eigenvalue weighted by molar-refractivity contribution is 5.92. The van der Waals surface area contributed by atoms with E-state index in [0.29, 0.717) is 17.2 Å². The van der Waals surface area contributed by atoms with E-state index < -0.39 is 0 Å². The lowest BCUT2D eigenvalue weighted by Gasteiger charge is -2.11. The third-order valence-electron chi connectivity index (χ3n) is 3.64. The molecule has 0 aliphatic rings. The molecule has 1 N–H and O–H groups in total. The van der Waals surface area contributed by atoms with Crippen LogP contribution in [0.3, 0.4) is 0 Å². The molecule has 0 fully saturated rings. The van der Waals surface area contributed by atoms with Crippen LogP contribution in [0.25, 0.3) is 5.65 Å². The van der Waals surface area contributed by atoms with Crippen LogP contribution >= 0.6 is 0 Å². The van der Waals surface area contributed by atoms with Crippen LogP contribution in [-0.4, -0.2) is 44.8 Å². The van der Waals surface area contributed by atoms with Crippen molar-refractivity contribution in [2.75, 3.05) is 19.0 Å². The SMILES string of the molecule is CCc1ccnc(C(=O)NCc2nnc3ccc(N(C)C)nn23)c1. The normalized spacial score (nSPS) is 10.8. The number of anilines is 1. The maximum Gasteiger partial charge on any atom is 0.270 e. The molecule has 0 aliphatic carbocycles. The average molecular weight is 325 g/mol. The van der Waals surface area contributed by atoms with Gasteiger partial charge in [0.2, 0.25) is 0 Å². The number of carbonyl (C=O) groups is 1. The lowest BCUT2D eigenvalue weighted by molar-refractivity contribution is 0.0944. The van der Waals surface area contributed by atoms with Gasteiger partial charge in [0, 0.05) is 20.3 Å². The molecule has 1 amide bonds. The van der Waals surface area contributed by atoms with Gasteiger partial charge in [-0.25, -0.2) is 0 Å². The summed E-state index contributed by atoms with van der Waals surface area (Å²) in [5.74, 6) is 1.10. The molecule has 3 aromatic heterocycles. The van der Waals surface area contributed by atoms with Crippen LogP contribution in [0.5, 0.6) is 0 Å². The zero-order valence-corrected chi connectivity index (χ0v) is 13.9. The fraction of sp³-hybridized carbons (Fsp3) is 0.312. The van der Waals surface area contributed by atoms with Gasteiger partial charge in [-0.15, -0.1) is 15.3 Å². The number of pyridine rings is 1. The molecule has 124 valence electrons. The van der Waals surface area contributed by atoms with Gasteiger partial charge in [0.15, 0.2) is 11.5 Å². The van der Waals surface area contributed by atoms with Crippen LogP contribution in [0.4, 0.5) is 5.82 Å². The summed E-state index contributed by atoms with van der Waals surface area (Å²) in [5.41, 5.74) is 2.10. The fourth-order valence-corrected chi connectivity index (χ4v) is 2.24. The molecule has 0 radical (unpaired) electrons. The maximum atomic E-state index is 12.3. The number of aryl methyl sites for hydroxylation is 1. The van der Waals surface area contributed by atoms with Gasteiger partial charge in [-0.1, -0.05) is 6.92 Å². The molecule has 0 unspecified atom stereocenters. The van der Waals surface area contributed by atoms with Crippen molar-refractivity contribution in [3.05, 3.63) is 47.5 Å². The van der Waals surface area contributed by atoms with E-state index in [1.54, 1.807) is 16.8 Å². The van der Waals surface area contributed by atoms with Gasteiger partial charge in [0.1, 0.15) is 11.5 Å². The van der Waals surface area contributed by atoms with E-state index in [4.69, 9.17) is 0 Å². The molecule has 0 aromatic carbocycles. The number of fused-ring (bicyclic) bond motifs is 1. The summed E-state index contributed by atoms with van der Waals surface area (Å²) >= 11 is 0. The van der Waals surface area contributed by atoms with E-state index >= 15 is 0 Å². The molecule has 0 saturated carbocycles. The number of rotatable bonds is 5. The minimum absolute atomic E-state index is 0.224. The van der Waals surface area contributed by atoms with Crippen LogP contribution in [-0.2, 0) is 13.0 Å². The second kappa shape index (κ2) is 6.61. The summed E-state index contributed by atoms with van der Waals surface area (Å²) in [6.07, 6.45) is 2.50. The molecule has 3 rings (SSSR count). The smallest absolute Gasteiger partial charge is 0.270 e. The lowest BCUT2D eigenvalue weighted by atomic mass is 10.2. The first kappa shape index (κ1) is 15.9. The number of nitrogens with one attached hydrogen (secondary N) is 1. The molecule has 3 heterocycles. The van der Waals surface area contributed by atoms with Crippen LogP contribution in [0, 0.1) is 0 Å². The first-order valence-corrected chi connectivity index (χ1v) is 7.70. The van der Waals surface area contributed by atoms with Crippen molar-refractivity contribution in [1.82, 2.24) is 30.1 Å². The summed E-state index contributed by atoms with van der Waals surface area (Å²) in [6, 6.07) is 7.40. The molecule has 0 spiro atoms. The molecule has 3 aromatic rings. The predicted molar refractivity (Wildman–Crippen MR) is 89.9 cm³/mol. The largest absolute Gasteiger partial charge is 0.361 e. The van der Waals surface area contributed by atoms with Gasteiger partial charge in [-0.3, -0.25) is 9.78 Å². The Morgan fingerprint density at radius 1 is 1.25 bits per heavy atom. The first-order chi connectivity index (χ1) is 11.6. The molecule has 0 aliphatic heterocycles. The fourth-order valence-electron chi connectivity index (χ4n) is 2.24. The van der Waals surface area contributed by atoms with Crippen molar-refractivity contribution in [1.29, 1.82) is 0 Å². The first-order valence-electron chi connectivity index (χ1n) is 7.70. The van der Waals surface area contributed by atoms with Crippen molar-refractivity contribution in [3.8, 4) is 0 Å². The zero-order valence-electron chi connectivity index (χ0n) is 13.9. The minimum atomic E-state index is -0.245. The van der Waals surface area contributed by atoms with E-state index in [2.05, 4.69) is 25.6 Å².